The van der Waals surface area contributed by atoms with Gasteiger partial charge in [0.05, 0.1) is 5.69 Å². The minimum absolute atomic E-state index is 0.0867. The van der Waals surface area contributed by atoms with Crippen molar-refractivity contribution in [3.8, 4) is 17.1 Å². The van der Waals surface area contributed by atoms with Crippen LogP contribution in [-0.2, 0) is 0 Å². The molecule has 0 saturated carbocycles. The molecule has 1 aromatic heterocycles. The number of halogens is 1. The minimum atomic E-state index is -0.374. The van der Waals surface area contributed by atoms with Crippen LogP contribution in [-0.4, -0.2) is 20.7 Å². The SMILES string of the molecule is Cc1ccc(-c2nc(C(=O)Nc3ccc4ccccc4c3)nn2-c2ccc(Cl)cc2)cc1. The number of carbonyl (C=O) groups is 1. The van der Waals surface area contributed by atoms with Gasteiger partial charge in [-0.2, -0.15) is 0 Å². The number of carbonyl (C=O) groups excluding carboxylic acids is 1. The highest BCUT2D eigenvalue weighted by molar-refractivity contribution is 6.30. The van der Waals surface area contributed by atoms with Crippen molar-refractivity contribution >= 4 is 34.0 Å². The van der Waals surface area contributed by atoms with E-state index < -0.39 is 0 Å². The van der Waals surface area contributed by atoms with Gasteiger partial charge in [0.25, 0.3) is 5.91 Å². The molecule has 32 heavy (non-hydrogen) atoms. The molecule has 0 fully saturated rings. The summed E-state index contributed by atoms with van der Waals surface area (Å²) in [5, 5.41) is 10.2. The second-order valence-electron chi connectivity index (χ2n) is 7.53. The van der Waals surface area contributed by atoms with Crippen molar-refractivity contribution in [2.45, 2.75) is 6.92 Å². The average Bonchev–Trinajstić information content (AvgIpc) is 3.26. The standard InChI is InChI=1S/C26H19ClN4O/c1-17-6-8-19(9-7-17)25-29-24(30-31(25)23-14-11-21(27)12-15-23)26(32)28-22-13-10-18-4-2-3-5-20(18)16-22/h2-16H,1H3,(H,28,32). The van der Waals surface area contributed by atoms with Gasteiger partial charge in [0.2, 0.25) is 5.82 Å². The van der Waals surface area contributed by atoms with Gasteiger partial charge in [0.15, 0.2) is 5.82 Å². The fourth-order valence-electron chi connectivity index (χ4n) is 3.51. The average molecular weight is 439 g/mol. The van der Waals surface area contributed by atoms with Crippen molar-refractivity contribution in [3.63, 3.8) is 0 Å². The first-order valence-electron chi connectivity index (χ1n) is 10.2. The molecule has 0 aliphatic rings. The molecule has 0 bridgehead atoms. The highest BCUT2D eigenvalue weighted by atomic mass is 35.5. The van der Waals surface area contributed by atoms with Gasteiger partial charge in [-0.25, -0.2) is 9.67 Å². The topological polar surface area (TPSA) is 59.8 Å². The van der Waals surface area contributed by atoms with E-state index in [9.17, 15) is 4.79 Å². The van der Waals surface area contributed by atoms with Gasteiger partial charge in [-0.3, -0.25) is 4.79 Å². The summed E-state index contributed by atoms with van der Waals surface area (Å²) >= 11 is 6.05. The highest BCUT2D eigenvalue weighted by Gasteiger charge is 2.19. The molecule has 0 unspecified atom stereocenters. The maximum absolute atomic E-state index is 13.0. The number of anilines is 1. The Hall–Kier alpha value is -3.96. The van der Waals surface area contributed by atoms with Gasteiger partial charge in [0, 0.05) is 16.3 Å². The molecule has 1 heterocycles. The molecule has 0 spiro atoms. The summed E-state index contributed by atoms with van der Waals surface area (Å²) in [7, 11) is 0. The summed E-state index contributed by atoms with van der Waals surface area (Å²) in [6, 6.07) is 29.0. The van der Waals surface area contributed by atoms with Crippen LogP contribution in [0.2, 0.25) is 5.02 Å². The highest BCUT2D eigenvalue weighted by Crippen LogP contribution is 2.24. The molecule has 0 atom stereocenters. The van der Waals surface area contributed by atoms with Gasteiger partial charge in [-0.1, -0.05) is 71.8 Å². The molecule has 0 aliphatic carbocycles. The van der Waals surface area contributed by atoms with E-state index in [2.05, 4.69) is 15.4 Å². The van der Waals surface area contributed by atoms with Crippen molar-refractivity contribution in [1.82, 2.24) is 14.8 Å². The predicted molar refractivity (Wildman–Crippen MR) is 128 cm³/mol. The van der Waals surface area contributed by atoms with E-state index in [-0.39, 0.29) is 11.7 Å². The lowest BCUT2D eigenvalue weighted by Gasteiger charge is -2.06. The predicted octanol–water partition coefficient (Wildman–Crippen LogP) is 6.30. The lowest BCUT2D eigenvalue weighted by molar-refractivity contribution is 0.101. The zero-order chi connectivity index (χ0) is 22.1. The number of nitrogens with one attached hydrogen (secondary N) is 1. The second-order valence-corrected chi connectivity index (χ2v) is 7.97. The molecule has 4 aromatic carbocycles. The Kier molecular flexibility index (Phi) is 5.17. The Morgan fingerprint density at radius 2 is 1.59 bits per heavy atom. The zero-order valence-corrected chi connectivity index (χ0v) is 18.0. The van der Waals surface area contributed by atoms with Gasteiger partial charge >= 0.3 is 0 Å². The number of hydrogen-bond donors (Lipinski definition) is 1. The molecule has 5 nitrogen and oxygen atoms in total. The lowest BCUT2D eigenvalue weighted by atomic mass is 10.1. The zero-order valence-electron chi connectivity index (χ0n) is 17.3. The molecule has 5 rings (SSSR count). The van der Waals surface area contributed by atoms with Crippen molar-refractivity contribution < 1.29 is 4.79 Å². The Morgan fingerprint density at radius 1 is 0.875 bits per heavy atom. The van der Waals surface area contributed by atoms with E-state index in [4.69, 9.17) is 11.6 Å². The first-order chi connectivity index (χ1) is 15.6. The Morgan fingerprint density at radius 3 is 2.34 bits per heavy atom. The third-order valence-electron chi connectivity index (χ3n) is 5.20. The molecule has 156 valence electrons. The number of fused-ring (bicyclic) bond motifs is 1. The van der Waals surface area contributed by atoms with Crippen LogP contribution in [0.4, 0.5) is 5.69 Å². The molecule has 6 heteroatoms. The molecular weight excluding hydrogens is 420 g/mol. The lowest BCUT2D eigenvalue weighted by Crippen LogP contribution is -2.14. The maximum Gasteiger partial charge on any atom is 0.295 e. The molecule has 0 radical (unpaired) electrons. The Balaban J connectivity index is 1.52. The fraction of sp³-hybridized carbons (Fsp3) is 0.0385. The molecule has 1 amide bonds. The van der Waals surface area contributed by atoms with Gasteiger partial charge < -0.3 is 5.32 Å². The summed E-state index contributed by atoms with van der Waals surface area (Å²) in [4.78, 5) is 17.6. The monoisotopic (exact) mass is 438 g/mol. The second kappa shape index (κ2) is 8.29. The van der Waals surface area contributed by atoms with Gasteiger partial charge in [-0.15, -0.1) is 5.10 Å². The van der Waals surface area contributed by atoms with Crippen LogP contribution >= 0.6 is 11.6 Å². The third-order valence-corrected chi connectivity index (χ3v) is 5.45. The quantitative estimate of drug-likeness (QED) is 0.358. The summed E-state index contributed by atoms with van der Waals surface area (Å²) in [6.45, 7) is 2.02. The minimum Gasteiger partial charge on any atom is -0.319 e. The summed E-state index contributed by atoms with van der Waals surface area (Å²) < 4.78 is 1.66. The van der Waals surface area contributed by atoms with Crippen LogP contribution in [0.1, 0.15) is 16.2 Å². The fourth-order valence-corrected chi connectivity index (χ4v) is 3.64. The number of nitrogens with zero attached hydrogens (tertiary/aromatic N) is 3. The van der Waals surface area contributed by atoms with Crippen molar-refractivity contribution in [2.24, 2.45) is 0 Å². The number of hydrogen-bond acceptors (Lipinski definition) is 3. The molecular formula is C26H19ClN4O. The number of benzene rings is 4. The Bertz CT molecular complexity index is 1360. The van der Waals surface area contributed by atoms with Crippen molar-refractivity contribution in [3.05, 3.63) is 107 Å². The normalized spacial score (nSPS) is 10.9. The van der Waals surface area contributed by atoms with Crippen LogP contribution in [0.3, 0.4) is 0 Å². The van der Waals surface area contributed by atoms with Crippen LogP contribution in [0.15, 0.2) is 91.0 Å². The van der Waals surface area contributed by atoms with Crippen LogP contribution in [0.5, 0.6) is 0 Å². The van der Waals surface area contributed by atoms with Gasteiger partial charge in [0.1, 0.15) is 0 Å². The summed E-state index contributed by atoms with van der Waals surface area (Å²) in [5.41, 5.74) is 3.46. The maximum atomic E-state index is 13.0. The van der Waals surface area contributed by atoms with Gasteiger partial charge in [-0.05, 0) is 54.1 Å². The number of amides is 1. The number of aryl methyl sites for hydroxylation is 1. The van der Waals surface area contributed by atoms with E-state index in [0.717, 1.165) is 27.6 Å². The molecule has 0 aliphatic heterocycles. The molecule has 0 saturated heterocycles. The summed E-state index contributed by atoms with van der Waals surface area (Å²) in [5.74, 6) is 0.293. The van der Waals surface area contributed by atoms with E-state index >= 15 is 0 Å². The van der Waals surface area contributed by atoms with E-state index in [1.54, 1.807) is 16.8 Å². The summed E-state index contributed by atoms with van der Waals surface area (Å²) in [6.07, 6.45) is 0. The van der Waals surface area contributed by atoms with E-state index in [0.29, 0.717) is 16.5 Å². The first kappa shape index (κ1) is 20.0. The number of aromatic nitrogens is 3. The van der Waals surface area contributed by atoms with E-state index in [1.807, 2.05) is 85.8 Å². The van der Waals surface area contributed by atoms with Crippen LogP contribution in [0, 0.1) is 6.92 Å². The largest absolute Gasteiger partial charge is 0.319 e. The van der Waals surface area contributed by atoms with Crippen LogP contribution < -0.4 is 5.32 Å². The smallest absolute Gasteiger partial charge is 0.295 e. The van der Waals surface area contributed by atoms with Crippen LogP contribution in [0.25, 0.3) is 27.8 Å². The first-order valence-corrected chi connectivity index (χ1v) is 10.5. The van der Waals surface area contributed by atoms with Crippen molar-refractivity contribution in [1.29, 1.82) is 0 Å². The van der Waals surface area contributed by atoms with Crippen molar-refractivity contribution in [2.75, 3.05) is 5.32 Å². The van der Waals surface area contributed by atoms with E-state index in [1.165, 1.54) is 0 Å². The number of rotatable bonds is 4. The molecule has 1 N–H and O–H groups in total. The third kappa shape index (κ3) is 3.98. The molecule has 5 aromatic rings. The Labute approximate surface area is 190 Å².